The molecular formula is C26H20Cl2N2O4. The van der Waals surface area contributed by atoms with Crippen molar-refractivity contribution >= 4 is 46.7 Å². The zero-order valence-corrected chi connectivity index (χ0v) is 19.6. The number of nitrogens with one attached hydrogen (secondary N) is 1. The van der Waals surface area contributed by atoms with Gasteiger partial charge in [-0.2, -0.15) is 0 Å². The molecular weight excluding hydrogens is 475 g/mol. The van der Waals surface area contributed by atoms with E-state index < -0.39 is 41.2 Å². The van der Waals surface area contributed by atoms with E-state index in [-0.39, 0.29) is 0 Å². The zero-order valence-electron chi connectivity index (χ0n) is 18.1. The molecule has 2 fully saturated rings. The molecule has 172 valence electrons. The highest BCUT2D eigenvalue weighted by Crippen LogP contribution is 2.52. The van der Waals surface area contributed by atoms with Crippen LogP contribution in [0.5, 0.6) is 0 Å². The normalized spacial score (nSPS) is 23.1. The van der Waals surface area contributed by atoms with E-state index in [9.17, 15) is 14.4 Å². The van der Waals surface area contributed by atoms with E-state index in [0.29, 0.717) is 26.9 Å². The number of halogens is 2. The van der Waals surface area contributed by atoms with E-state index in [1.54, 1.807) is 78.9 Å². The highest BCUT2D eigenvalue weighted by atomic mass is 35.5. The molecule has 0 aromatic heterocycles. The number of methoxy groups -OCH3 is 1. The van der Waals surface area contributed by atoms with E-state index in [1.807, 2.05) is 0 Å². The molecule has 0 aliphatic carbocycles. The van der Waals surface area contributed by atoms with Crippen LogP contribution < -0.4 is 10.2 Å². The topological polar surface area (TPSA) is 75.7 Å². The summed E-state index contributed by atoms with van der Waals surface area (Å²) in [6.45, 7) is 0. The van der Waals surface area contributed by atoms with Crippen LogP contribution in [0.3, 0.4) is 0 Å². The van der Waals surface area contributed by atoms with Gasteiger partial charge in [0.05, 0.1) is 30.2 Å². The summed E-state index contributed by atoms with van der Waals surface area (Å²) in [5.41, 5.74) is 0.639. The number of hydrogen-bond donors (Lipinski definition) is 1. The Morgan fingerprint density at radius 3 is 1.88 bits per heavy atom. The number of rotatable bonds is 4. The minimum Gasteiger partial charge on any atom is -0.468 e. The third-order valence-corrected chi connectivity index (χ3v) is 7.13. The lowest BCUT2D eigenvalue weighted by Gasteiger charge is -2.36. The van der Waals surface area contributed by atoms with Crippen LogP contribution >= 0.6 is 23.2 Å². The lowest BCUT2D eigenvalue weighted by molar-refractivity contribution is -0.145. The summed E-state index contributed by atoms with van der Waals surface area (Å²) in [5.74, 6) is -3.34. The average molecular weight is 495 g/mol. The monoisotopic (exact) mass is 494 g/mol. The number of ether oxygens (including phenoxy) is 1. The number of amides is 2. The minimum atomic E-state index is -1.20. The zero-order chi connectivity index (χ0) is 24.0. The molecule has 2 aliphatic heterocycles. The summed E-state index contributed by atoms with van der Waals surface area (Å²) in [6, 6.07) is 21.7. The van der Waals surface area contributed by atoms with Crippen LogP contribution in [0.4, 0.5) is 5.69 Å². The Hall–Kier alpha value is -3.19. The molecule has 3 aromatic rings. The number of carbonyl (C=O) groups excluding carboxylic acids is 3. The van der Waals surface area contributed by atoms with Gasteiger partial charge in [-0.1, -0.05) is 65.7 Å². The van der Waals surface area contributed by atoms with Crippen molar-refractivity contribution in [3.8, 4) is 0 Å². The summed E-state index contributed by atoms with van der Waals surface area (Å²) in [4.78, 5) is 41.8. The highest BCUT2D eigenvalue weighted by Gasteiger charge is 2.68. The third kappa shape index (κ3) is 3.33. The fourth-order valence-corrected chi connectivity index (χ4v) is 5.44. The predicted octanol–water partition coefficient (Wildman–Crippen LogP) is 4.19. The summed E-state index contributed by atoms with van der Waals surface area (Å²) in [7, 11) is 1.26. The number of fused-ring (bicyclic) bond motifs is 1. The first-order valence-corrected chi connectivity index (χ1v) is 11.4. The lowest BCUT2D eigenvalue weighted by Crippen LogP contribution is -2.51. The Morgan fingerprint density at radius 1 is 0.853 bits per heavy atom. The molecule has 3 aromatic carbocycles. The van der Waals surface area contributed by atoms with Crippen LogP contribution in [-0.4, -0.2) is 30.9 Å². The van der Waals surface area contributed by atoms with Crippen molar-refractivity contribution < 1.29 is 19.1 Å². The van der Waals surface area contributed by atoms with Crippen LogP contribution in [0.15, 0.2) is 78.9 Å². The summed E-state index contributed by atoms with van der Waals surface area (Å²) < 4.78 is 5.04. The van der Waals surface area contributed by atoms with Crippen molar-refractivity contribution in [2.24, 2.45) is 11.8 Å². The quantitative estimate of drug-likeness (QED) is 0.434. The number of anilines is 1. The Balaban J connectivity index is 1.76. The maximum atomic E-state index is 14.0. The van der Waals surface area contributed by atoms with E-state index in [1.165, 1.54) is 12.0 Å². The van der Waals surface area contributed by atoms with Crippen molar-refractivity contribution in [3.63, 3.8) is 0 Å². The Labute approximate surface area is 206 Å². The number of para-hydroxylation sites is 1. The second kappa shape index (κ2) is 8.55. The van der Waals surface area contributed by atoms with Crippen LogP contribution in [0, 0.1) is 11.8 Å². The SMILES string of the molecule is COC(=O)[C@@H]1NC(c2ccc(Cl)cc2)(c2ccc(Cl)cc2)[C@@H]2C(=O)N(c3ccccc3)C(=O)[C@H]21. The first-order chi connectivity index (χ1) is 16.4. The Morgan fingerprint density at radius 2 is 1.38 bits per heavy atom. The maximum Gasteiger partial charge on any atom is 0.323 e. The lowest BCUT2D eigenvalue weighted by atomic mass is 9.72. The molecule has 5 rings (SSSR count). The second-order valence-electron chi connectivity index (χ2n) is 8.32. The molecule has 0 spiro atoms. The average Bonchev–Trinajstić information content (AvgIpc) is 3.34. The summed E-state index contributed by atoms with van der Waals surface area (Å²) in [6.07, 6.45) is 0. The predicted molar refractivity (Wildman–Crippen MR) is 129 cm³/mol. The van der Waals surface area contributed by atoms with Gasteiger partial charge < -0.3 is 4.74 Å². The largest absolute Gasteiger partial charge is 0.468 e. The molecule has 0 bridgehead atoms. The van der Waals surface area contributed by atoms with Crippen molar-refractivity contribution in [2.45, 2.75) is 11.6 Å². The molecule has 2 amide bonds. The number of imide groups is 1. The minimum absolute atomic E-state index is 0.398. The van der Waals surface area contributed by atoms with E-state index in [2.05, 4.69) is 5.32 Å². The van der Waals surface area contributed by atoms with Crippen LogP contribution in [-0.2, 0) is 24.7 Å². The van der Waals surface area contributed by atoms with Crippen LogP contribution in [0.25, 0.3) is 0 Å². The van der Waals surface area contributed by atoms with Crippen LogP contribution in [0.1, 0.15) is 11.1 Å². The van der Waals surface area contributed by atoms with Crippen molar-refractivity contribution in [2.75, 3.05) is 12.0 Å². The van der Waals surface area contributed by atoms with Crippen molar-refractivity contribution in [1.82, 2.24) is 5.32 Å². The fourth-order valence-electron chi connectivity index (χ4n) is 5.19. The first-order valence-electron chi connectivity index (χ1n) is 10.7. The highest BCUT2D eigenvalue weighted by molar-refractivity contribution is 6.31. The van der Waals surface area contributed by atoms with Gasteiger partial charge in [0.1, 0.15) is 6.04 Å². The van der Waals surface area contributed by atoms with Gasteiger partial charge in [-0.15, -0.1) is 0 Å². The van der Waals surface area contributed by atoms with Gasteiger partial charge >= 0.3 is 5.97 Å². The number of carbonyl (C=O) groups is 3. The number of esters is 1. The Kier molecular flexibility index (Phi) is 5.68. The molecule has 6 nitrogen and oxygen atoms in total. The van der Waals surface area contributed by atoms with Gasteiger partial charge in [0.15, 0.2) is 0 Å². The molecule has 0 saturated carbocycles. The van der Waals surface area contributed by atoms with E-state index in [0.717, 1.165) is 0 Å². The standard InChI is InChI=1S/C26H20Cl2N2O4/c1-34-25(33)22-20-21(24(32)30(23(20)31)19-5-3-2-4-6-19)26(29-22,15-7-11-17(27)12-8-15)16-9-13-18(28)14-10-16/h2-14,20-22,29H,1H3/t20-,21+,22-/m1/s1. The van der Waals surface area contributed by atoms with Gasteiger partial charge in [0.25, 0.3) is 0 Å². The van der Waals surface area contributed by atoms with E-state index in [4.69, 9.17) is 27.9 Å². The van der Waals surface area contributed by atoms with Gasteiger partial charge in [-0.3, -0.25) is 19.7 Å². The van der Waals surface area contributed by atoms with Crippen molar-refractivity contribution in [1.29, 1.82) is 0 Å². The van der Waals surface area contributed by atoms with E-state index >= 15 is 0 Å². The van der Waals surface area contributed by atoms with Gasteiger partial charge in [0, 0.05) is 10.0 Å². The first kappa shape index (κ1) is 22.6. The second-order valence-corrected chi connectivity index (χ2v) is 9.19. The Bertz CT molecular complexity index is 1220. The molecule has 0 radical (unpaired) electrons. The number of nitrogens with zero attached hydrogens (tertiary/aromatic N) is 1. The summed E-state index contributed by atoms with van der Waals surface area (Å²) >= 11 is 12.3. The molecule has 2 aliphatic rings. The molecule has 3 atom stereocenters. The maximum absolute atomic E-state index is 14.0. The molecule has 34 heavy (non-hydrogen) atoms. The molecule has 2 saturated heterocycles. The number of benzene rings is 3. The smallest absolute Gasteiger partial charge is 0.323 e. The summed E-state index contributed by atoms with van der Waals surface area (Å²) in [5, 5.41) is 4.38. The van der Waals surface area contributed by atoms with Crippen molar-refractivity contribution in [3.05, 3.63) is 100 Å². The fraction of sp³-hybridized carbons (Fsp3) is 0.192. The molecule has 0 unspecified atom stereocenters. The third-order valence-electron chi connectivity index (χ3n) is 6.63. The van der Waals surface area contributed by atoms with Gasteiger partial charge in [-0.05, 0) is 47.5 Å². The molecule has 2 heterocycles. The van der Waals surface area contributed by atoms with Gasteiger partial charge in [-0.25, -0.2) is 4.90 Å². The van der Waals surface area contributed by atoms with Crippen LogP contribution in [0.2, 0.25) is 10.0 Å². The number of hydrogen-bond acceptors (Lipinski definition) is 5. The van der Waals surface area contributed by atoms with Gasteiger partial charge in [0.2, 0.25) is 11.8 Å². The molecule has 8 heteroatoms. The molecule has 1 N–H and O–H groups in total.